The molecule has 0 aromatic carbocycles. The molecule has 90 valence electrons. The quantitative estimate of drug-likeness (QED) is 0.736. The van der Waals surface area contributed by atoms with Crippen LogP contribution in [0.3, 0.4) is 0 Å². The van der Waals surface area contributed by atoms with E-state index in [1.165, 1.54) is 37.1 Å². The molecular weight excluding hydrogens is 306 g/mol. The van der Waals surface area contributed by atoms with Crippen LogP contribution in [0, 0.1) is 0 Å². The van der Waals surface area contributed by atoms with Crippen molar-refractivity contribution in [3.05, 3.63) is 21.3 Å². The lowest BCUT2D eigenvalue weighted by Crippen LogP contribution is -2.38. The molecule has 0 amide bonds. The zero-order chi connectivity index (χ0) is 11.4. The second-order valence-corrected chi connectivity index (χ2v) is 6.90. The van der Waals surface area contributed by atoms with Gasteiger partial charge in [0.1, 0.15) is 0 Å². The second-order valence-electron chi connectivity index (χ2n) is 4.30. The molecule has 1 nitrogen and oxygen atoms in total. The van der Waals surface area contributed by atoms with Crippen molar-refractivity contribution in [2.24, 2.45) is 0 Å². The lowest BCUT2D eigenvalue weighted by Gasteiger charge is -2.35. The molecule has 0 spiro atoms. The maximum absolute atomic E-state index is 5.97. The maximum atomic E-state index is 5.97. The van der Waals surface area contributed by atoms with Gasteiger partial charge >= 0.3 is 0 Å². The largest absolute Gasteiger partial charge is 0.295 e. The Morgan fingerprint density at radius 2 is 2.31 bits per heavy atom. The van der Waals surface area contributed by atoms with Crippen LogP contribution in [0.5, 0.6) is 0 Å². The van der Waals surface area contributed by atoms with Gasteiger partial charge in [0.05, 0.1) is 4.34 Å². The normalized spacial score (nSPS) is 22.5. The van der Waals surface area contributed by atoms with E-state index >= 15 is 0 Å². The van der Waals surface area contributed by atoms with Gasteiger partial charge in [-0.3, -0.25) is 4.90 Å². The number of alkyl halides is 1. The van der Waals surface area contributed by atoms with Gasteiger partial charge < -0.3 is 0 Å². The van der Waals surface area contributed by atoms with E-state index in [0.717, 1.165) is 22.3 Å². The predicted molar refractivity (Wildman–Crippen MR) is 75.8 cm³/mol. The van der Waals surface area contributed by atoms with Crippen molar-refractivity contribution in [2.75, 3.05) is 11.9 Å². The summed E-state index contributed by atoms with van der Waals surface area (Å²) >= 11 is 11.2. The molecule has 0 radical (unpaired) electrons. The van der Waals surface area contributed by atoms with Crippen LogP contribution >= 0.6 is 38.9 Å². The fourth-order valence-corrected chi connectivity index (χ4v) is 4.00. The Kier molecular flexibility index (Phi) is 5.14. The first-order chi connectivity index (χ1) is 7.79. The fraction of sp³-hybridized carbons (Fsp3) is 0.667. The number of halogens is 2. The van der Waals surface area contributed by atoms with Crippen LogP contribution in [0.15, 0.2) is 12.1 Å². The third kappa shape index (κ3) is 3.46. The van der Waals surface area contributed by atoms with Crippen LogP contribution in [0.4, 0.5) is 0 Å². The van der Waals surface area contributed by atoms with Crippen molar-refractivity contribution >= 4 is 38.9 Å². The van der Waals surface area contributed by atoms with Crippen molar-refractivity contribution in [3.8, 4) is 0 Å². The number of likely N-dealkylation sites (tertiary alicyclic amines) is 1. The van der Waals surface area contributed by atoms with Crippen molar-refractivity contribution < 1.29 is 0 Å². The lowest BCUT2D eigenvalue weighted by molar-refractivity contribution is 0.138. The zero-order valence-corrected chi connectivity index (χ0v) is 12.5. The van der Waals surface area contributed by atoms with Crippen LogP contribution in [-0.4, -0.2) is 22.8 Å². The van der Waals surface area contributed by atoms with Gasteiger partial charge in [0.25, 0.3) is 0 Å². The first-order valence-electron chi connectivity index (χ1n) is 5.84. The van der Waals surface area contributed by atoms with E-state index in [0.29, 0.717) is 0 Å². The summed E-state index contributed by atoms with van der Waals surface area (Å²) in [4.78, 5) is 4.01. The molecule has 16 heavy (non-hydrogen) atoms. The van der Waals surface area contributed by atoms with Crippen molar-refractivity contribution in [1.82, 2.24) is 4.90 Å². The van der Waals surface area contributed by atoms with Gasteiger partial charge in [0, 0.05) is 22.8 Å². The summed E-state index contributed by atoms with van der Waals surface area (Å²) < 4.78 is 0.907. The van der Waals surface area contributed by atoms with Crippen LogP contribution in [0.2, 0.25) is 4.34 Å². The van der Waals surface area contributed by atoms with Gasteiger partial charge in [0.15, 0.2) is 0 Å². The number of hydrogen-bond acceptors (Lipinski definition) is 2. The molecule has 2 rings (SSSR count). The van der Waals surface area contributed by atoms with E-state index in [-0.39, 0.29) is 0 Å². The number of hydrogen-bond donors (Lipinski definition) is 0. The van der Waals surface area contributed by atoms with Crippen molar-refractivity contribution in [2.45, 2.75) is 38.3 Å². The molecular formula is C12H17BrClNS. The summed E-state index contributed by atoms with van der Waals surface area (Å²) in [6.45, 7) is 2.32. The predicted octanol–water partition coefficient (Wildman–Crippen LogP) is 4.54. The van der Waals surface area contributed by atoms with Gasteiger partial charge in [-0.05, 0) is 37.9 Å². The molecule has 1 aliphatic rings. The highest BCUT2D eigenvalue weighted by molar-refractivity contribution is 9.09. The molecule has 1 aliphatic heterocycles. The average molecular weight is 323 g/mol. The molecule has 1 fully saturated rings. The zero-order valence-electron chi connectivity index (χ0n) is 9.29. The Balaban J connectivity index is 1.95. The molecule has 1 aromatic rings. The van der Waals surface area contributed by atoms with Gasteiger partial charge in [-0.15, -0.1) is 11.3 Å². The standard InChI is InChI=1S/C12H17BrClNS/c13-7-6-10-3-1-2-8-15(10)9-11-4-5-12(14)16-11/h4-5,10H,1-3,6-9H2. The molecule has 0 N–H and O–H groups in total. The van der Waals surface area contributed by atoms with E-state index in [2.05, 4.69) is 26.9 Å². The summed E-state index contributed by atoms with van der Waals surface area (Å²) in [7, 11) is 0. The van der Waals surface area contributed by atoms with E-state index in [1.807, 2.05) is 6.07 Å². The van der Waals surface area contributed by atoms with Crippen molar-refractivity contribution in [1.29, 1.82) is 0 Å². The topological polar surface area (TPSA) is 3.24 Å². The summed E-state index contributed by atoms with van der Waals surface area (Å²) in [5.74, 6) is 0. The van der Waals surface area contributed by atoms with Crippen molar-refractivity contribution in [3.63, 3.8) is 0 Å². The van der Waals surface area contributed by atoms with Crippen LogP contribution in [0.25, 0.3) is 0 Å². The first-order valence-corrected chi connectivity index (χ1v) is 8.15. The second kappa shape index (κ2) is 6.39. The van der Waals surface area contributed by atoms with Gasteiger partial charge in [0.2, 0.25) is 0 Å². The lowest BCUT2D eigenvalue weighted by atomic mass is 10.00. The highest BCUT2D eigenvalue weighted by atomic mass is 79.9. The molecule has 0 bridgehead atoms. The molecule has 4 heteroatoms. The summed E-state index contributed by atoms with van der Waals surface area (Å²) in [5.41, 5.74) is 0. The van der Waals surface area contributed by atoms with E-state index in [4.69, 9.17) is 11.6 Å². The maximum Gasteiger partial charge on any atom is 0.0931 e. The third-order valence-electron chi connectivity index (χ3n) is 3.18. The highest BCUT2D eigenvalue weighted by Crippen LogP contribution is 2.27. The van der Waals surface area contributed by atoms with E-state index < -0.39 is 0 Å². The summed E-state index contributed by atoms with van der Waals surface area (Å²) in [6.07, 6.45) is 5.35. The van der Waals surface area contributed by atoms with Crippen LogP contribution < -0.4 is 0 Å². The van der Waals surface area contributed by atoms with E-state index in [1.54, 1.807) is 11.3 Å². The minimum absolute atomic E-state index is 0.758. The molecule has 1 unspecified atom stereocenters. The number of thiophene rings is 1. The molecule has 1 aromatic heterocycles. The molecule has 1 saturated heterocycles. The Hall–Kier alpha value is 0.430. The number of rotatable bonds is 4. The minimum Gasteiger partial charge on any atom is -0.295 e. The average Bonchev–Trinajstić information content (AvgIpc) is 2.67. The third-order valence-corrected chi connectivity index (χ3v) is 4.85. The Bertz CT molecular complexity index is 327. The Morgan fingerprint density at radius 3 is 3.00 bits per heavy atom. The molecule has 0 saturated carbocycles. The SMILES string of the molecule is Clc1ccc(CN2CCCCC2CCBr)s1. The minimum atomic E-state index is 0.758. The van der Waals surface area contributed by atoms with Crippen LogP contribution in [0.1, 0.15) is 30.6 Å². The Labute approximate surface area is 115 Å². The first kappa shape index (κ1) is 12.9. The van der Waals surface area contributed by atoms with Gasteiger partial charge in [-0.2, -0.15) is 0 Å². The van der Waals surface area contributed by atoms with Gasteiger partial charge in [-0.25, -0.2) is 0 Å². The summed E-state index contributed by atoms with van der Waals surface area (Å²) in [6, 6.07) is 4.92. The number of nitrogens with zero attached hydrogens (tertiary/aromatic N) is 1. The van der Waals surface area contributed by atoms with E-state index in [9.17, 15) is 0 Å². The highest BCUT2D eigenvalue weighted by Gasteiger charge is 2.21. The Morgan fingerprint density at radius 1 is 1.44 bits per heavy atom. The summed E-state index contributed by atoms with van der Waals surface area (Å²) in [5, 5.41) is 1.11. The molecule has 1 atom stereocenters. The number of piperidine rings is 1. The molecule has 0 aliphatic carbocycles. The fourth-order valence-electron chi connectivity index (χ4n) is 2.36. The smallest absolute Gasteiger partial charge is 0.0931 e. The monoisotopic (exact) mass is 321 g/mol. The molecule has 2 heterocycles. The van der Waals surface area contributed by atoms with Crippen LogP contribution in [-0.2, 0) is 6.54 Å². The van der Waals surface area contributed by atoms with Gasteiger partial charge in [-0.1, -0.05) is 34.0 Å².